The summed E-state index contributed by atoms with van der Waals surface area (Å²) in [7, 11) is 0. The zero-order chi connectivity index (χ0) is 10.8. The first-order valence-electron chi connectivity index (χ1n) is 5.43. The Balaban J connectivity index is 2.08. The number of hydrogen-bond donors (Lipinski definition) is 2. The van der Waals surface area contributed by atoms with Gasteiger partial charge in [0.15, 0.2) is 3.57 Å². The van der Waals surface area contributed by atoms with Crippen LogP contribution < -0.4 is 33.2 Å². The SMILES string of the molecule is CC1NC(c2ccc([IH+])cc2)NC[C@@H]1C. The van der Waals surface area contributed by atoms with Crippen LogP contribution in [0.5, 0.6) is 0 Å². The molecule has 1 aromatic rings. The molecule has 0 aromatic heterocycles. The van der Waals surface area contributed by atoms with Crippen LogP contribution >= 0.6 is 0 Å². The van der Waals surface area contributed by atoms with Crippen molar-refractivity contribution in [2.75, 3.05) is 6.54 Å². The van der Waals surface area contributed by atoms with Crippen LogP contribution in [0.2, 0.25) is 0 Å². The molecule has 1 heterocycles. The molecule has 0 spiro atoms. The maximum Gasteiger partial charge on any atom is 0.296 e. The maximum atomic E-state index is 3.59. The summed E-state index contributed by atoms with van der Waals surface area (Å²) in [6.07, 6.45) is 0.318. The van der Waals surface area contributed by atoms with Gasteiger partial charge in [0, 0.05) is 12.6 Å². The summed E-state index contributed by atoms with van der Waals surface area (Å²) < 4.78 is 1.33. The third kappa shape index (κ3) is 2.71. The molecule has 2 unspecified atom stereocenters. The molecule has 1 aliphatic rings. The van der Waals surface area contributed by atoms with E-state index >= 15 is 0 Å². The van der Waals surface area contributed by atoms with E-state index in [1.807, 2.05) is 0 Å². The van der Waals surface area contributed by atoms with Crippen molar-refractivity contribution in [3.63, 3.8) is 0 Å². The quantitative estimate of drug-likeness (QED) is 0.607. The second-order valence-corrected chi connectivity index (χ2v) is 5.69. The van der Waals surface area contributed by atoms with Gasteiger partial charge in [-0.2, -0.15) is 0 Å². The van der Waals surface area contributed by atoms with Gasteiger partial charge >= 0.3 is 0 Å². The summed E-state index contributed by atoms with van der Waals surface area (Å²) in [5.74, 6) is 0.701. The van der Waals surface area contributed by atoms with Crippen LogP contribution in [0.1, 0.15) is 25.6 Å². The summed E-state index contributed by atoms with van der Waals surface area (Å²) >= 11 is 2.05. The van der Waals surface area contributed by atoms with Gasteiger partial charge in [-0.25, -0.2) is 0 Å². The van der Waals surface area contributed by atoms with E-state index in [4.69, 9.17) is 0 Å². The largest absolute Gasteiger partial charge is 0.298 e. The Labute approximate surface area is 105 Å². The summed E-state index contributed by atoms with van der Waals surface area (Å²) in [6.45, 7) is 5.62. The molecule has 1 saturated heterocycles. The molecule has 0 radical (unpaired) electrons. The van der Waals surface area contributed by atoms with Crippen LogP contribution in [0.4, 0.5) is 0 Å². The summed E-state index contributed by atoms with van der Waals surface area (Å²) in [5, 5.41) is 7.12. The highest BCUT2D eigenvalue weighted by Crippen LogP contribution is 2.17. The second-order valence-electron chi connectivity index (χ2n) is 4.34. The standard InChI is InChI=1S/C12H18IN2/c1-8-7-14-12(15-9(8)2)10-3-5-11(13)6-4-10/h3-6,8-9,12-15H,7H2,1-2H3/q+1/t8-,9?,12?/m0/s1. The highest BCUT2D eigenvalue weighted by molar-refractivity contribution is 5.18. The normalized spacial score (nSPS) is 31.5. The first-order valence-corrected chi connectivity index (χ1v) is 6.60. The first kappa shape index (κ1) is 11.4. The molecule has 2 N–H and O–H groups in total. The van der Waals surface area contributed by atoms with Crippen molar-refractivity contribution in [1.82, 2.24) is 10.6 Å². The van der Waals surface area contributed by atoms with E-state index in [0.717, 1.165) is 6.54 Å². The maximum absolute atomic E-state index is 3.59. The fraction of sp³-hybridized carbons (Fsp3) is 0.500. The molecule has 3 atom stereocenters. The van der Waals surface area contributed by atoms with Crippen LogP contribution in [0.3, 0.4) is 0 Å². The van der Waals surface area contributed by atoms with E-state index in [1.165, 1.54) is 9.13 Å². The molecule has 0 aliphatic carbocycles. The monoisotopic (exact) mass is 317 g/mol. The lowest BCUT2D eigenvalue weighted by atomic mass is 9.99. The molecule has 1 aromatic carbocycles. The number of halogens is 1. The van der Waals surface area contributed by atoms with E-state index in [-0.39, 0.29) is 0 Å². The Morgan fingerprint density at radius 2 is 1.87 bits per heavy atom. The third-order valence-corrected chi connectivity index (χ3v) is 3.92. The Morgan fingerprint density at radius 1 is 1.20 bits per heavy atom. The highest BCUT2D eigenvalue weighted by atomic mass is 127. The van der Waals surface area contributed by atoms with Gasteiger partial charge in [-0.15, -0.1) is 0 Å². The Kier molecular flexibility index (Phi) is 3.64. The average molecular weight is 317 g/mol. The molecular weight excluding hydrogens is 299 g/mol. The molecule has 1 aliphatic heterocycles. The van der Waals surface area contributed by atoms with Gasteiger partial charge in [-0.1, -0.05) is 19.1 Å². The smallest absolute Gasteiger partial charge is 0.296 e. The fourth-order valence-corrected chi connectivity index (χ4v) is 2.23. The van der Waals surface area contributed by atoms with E-state index in [0.29, 0.717) is 18.1 Å². The van der Waals surface area contributed by atoms with Crippen molar-refractivity contribution >= 4 is 0 Å². The van der Waals surface area contributed by atoms with Crippen molar-refractivity contribution in [3.05, 3.63) is 33.4 Å². The number of benzene rings is 1. The molecular formula is C12H18IN2+. The van der Waals surface area contributed by atoms with E-state index < -0.39 is 0 Å². The third-order valence-electron chi connectivity index (χ3n) is 3.14. The lowest BCUT2D eigenvalue weighted by Gasteiger charge is -2.35. The number of rotatable bonds is 1. The molecule has 3 heteroatoms. The minimum atomic E-state index is 0.318. The summed E-state index contributed by atoms with van der Waals surface area (Å²) in [5.41, 5.74) is 1.33. The molecule has 2 nitrogen and oxygen atoms in total. The number of hydrogen-bond acceptors (Lipinski definition) is 2. The minimum Gasteiger partial charge on any atom is -0.298 e. The van der Waals surface area contributed by atoms with Gasteiger partial charge in [0.05, 0.1) is 6.17 Å². The van der Waals surface area contributed by atoms with Crippen molar-refractivity contribution in [1.29, 1.82) is 0 Å². The average Bonchev–Trinajstić information content (AvgIpc) is 2.23. The summed E-state index contributed by atoms with van der Waals surface area (Å²) in [6, 6.07) is 9.33. The lowest BCUT2D eigenvalue weighted by Crippen LogP contribution is -3.34. The fourth-order valence-electron chi connectivity index (χ4n) is 1.84. The van der Waals surface area contributed by atoms with Gasteiger partial charge in [0.1, 0.15) is 0 Å². The first-order chi connectivity index (χ1) is 7.16. The predicted octanol–water partition coefficient (Wildman–Crippen LogP) is -1.64. The minimum absolute atomic E-state index is 0.318. The van der Waals surface area contributed by atoms with Crippen molar-refractivity contribution in [2.24, 2.45) is 5.92 Å². The molecule has 0 bridgehead atoms. The van der Waals surface area contributed by atoms with Crippen LogP contribution in [-0.2, 0) is 0 Å². The molecule has 2 rings (SSSR count). The van der Waals surface area contributed by atoms with Crippen LogP contribution in [0.25, 0.3) is 0 Å². The predicted molar refractivity (Wildman–Crippen MR) is 59.0 cm³/mol. The zero-order valence-electron chi connectivity index (χ0n) is 9.16. The van der Waals surface area contributed by atoms with Crippen LogP contribution in [-0.4, -0.2) is 12.6 Å². The van der Waals surface area contributed by atoms with E-state index in [1.54, 1.807) is 0 Å². The number of nitrogens with one attached hydrogen (secondary N) is 2. The highest BCUT2D eigenvalue weighted by Gasteiger charge is 2.23. The van der Waals surface area contributed by atoms with Gasteiger partial charge in [-0.3, -0.25) is 10.6 Å². The topological polar surface area (TPSA) is 24.1 Å². The molecule has 1 fully saturated rings. The molecule has 82 valence electrons. The molecule has 0 amide bonds. The Morgan fingerprint density at radius 3 is 2.47 bits per heavy atom. The zero-order valence-corrected chi connectivity index (χ0v) is 11.5. The van der Waals surface area contributed by atoms with E-state index in [2.05, 4.69) is 71.3 Å². The van der Waals surface area contributed by atoms with Gasteiger partial charge in [-0.05, 0) is 30.5 Å². The van der Waals surface area contributed by atoms with Crippen LogP contribution in [0, 0.1) is 9.49 Å². The van der Waals surface area contributed by atoms with Gasteiger partial charge in [0.25, 0.3) is 22.6 Å². The van der Waals surface area contributed by atoms with Gasteiger partial charge < -0.3 is 0 Å². The molecule has 15 heavy (non-hydrogen) atoms. The lowest BCUT2D eigenvalue weighted by molar-refractivity contribution is -0.328. The van der Waals surface area contributed by atoms with Crippen molar-refractivity contribution in [2.45, 2.75) is 26.1 Å². The second kappa shape index (κ2) is 4.80. The summed E-state index contributed by atoms with van der Waals surface area (Å²) in [4.78, 5) is 0. The van der Waals surface area contributed by atoms with Crippen molar-refractivity contribution in [3.8, 4) is 0 Å². The van der Waals surface area contributed by atoms with Crippen molar-refractivity contribution < 1.29 is 22.6 Å². The van der Waals surface area contributed by atoms with E-state index in [9.17, 15) is 0 Å². The van der Waals surface area contributed by atoms with Crippen LogP contribution in [0.15, 0.2) is 24.3 Å². The Bertz CT molecular complexity index is 323. The van der Waals surface area contributed by atoms with Gasteiger partial charge in [0.2, 0.25) is 0 Å². The Hall–Kier alpha value is -0.130. The molecule has 0 saturated carbocycles.